The van der Waals surface area contributed by atoms with Crippen LogP contribution in [0, 0.1) is 0 Å². The van der Waals surface area contributed by atoms with Gasteiger partial charge in [-0.1, -0.05) is 11.6 Å². The average Bonchev–Trinajstić information content (AvgIpc) is 2.70. The van der Waals surface area contributed by atoms with Crippen LogP contribution in [0.25, 0.3) is 0 Å². The van der Waals surface area contributed by atoms with E-state index in [4.69, 9.17) is 21.1 Å². The Hall–Kier alpha value is -1.83. The third-order valence-electron chi connectivity index (χ3n) is 3.79. The van der Waals surface area contributed by atoms with Crippen LogP contribution in [0.3, 0.4) is 0 Å². The van der Waals surface area contributed by atoms with E-state index in [1.54, 1.807) is 19.2 Å². The molecule has 1 unspecified atom stereocenters. The largest absolute Gasteiger partial charge is 0.496 e. The molecule has 0 radical (unpaired) electrons. The van der Waals surface area contributed by atoms with Gasteiger partial charge in [-0.05, 0) is 18.2 Å². The number of amides is 2. The van der Waals surface area contributed by atoms with Crippen molar-refractivity contribution in [2.24, 2.45) is 0 Å². The van der Waals surface area contributed by atoms with Gasteiger partial charge in [-0.25, -0.2) is 0 Å². The molecular weight excluding hydrogens is 336 g/mol. The summed E-state index contributed by atoms with van der Waals surface area (Å²) in [6.45, 7) is 0.848. The Morgan fingerprint density at radius 3 is 2.79 bits per heavy atom. The van der Waals surface area contributed by atoms with Gasteiger partial charge < -0.3 is 24.4 Å². The fourth-order valence-electron chi connectivity index (χ4n) is 2.59. The molecule has 2 rings (SSSR count). The van der Waals surface area contributed by atoms with Crippen molar-refractivity contribution < 1.29 is 24.2 Å². The summed E-state index contributed by atoms with van der Waals surface area (Å²) in [4.78, 5) is 27.9. The van der Waals surface area contributed by atoms with E-state index in [1.807, 2.05) is 0 Å². The van der Waals surface area contributed by atoms with E-state index in [2.05, 4.69) is 0 Å². The minimum Gasteiger partial charge on any atom is -0.496 e. The van der Waals surface area contributed by atoms with Gasteiger partial charge >= 0.3 is 0 Å². The topological polar surface area (TPSA) is 79.3 Å². The van der Waals surface area contributed by atoms with Crippen molar-refractivity contribution in [2.75, 3.05) is 47.0 Å². The summed E-state index contributed by atoms with van der Waals surface area (Å²) < 4.78 is 10.2. The Labute approximate surface area is 145 Å². The van der Waals surface area contributed by atoms with Crippen molar-refractivity contribution in [3.8, 4) is 5.75 Å². The monoisotopic (exact) mass is 356 g/mol. The first-order valence-corrected chi connectivity index (χ1v) is 7.91. The molecule has 1 aromatic carbocycles. The Kier molecular flexibility index (Phi) is 6.42. The van der Waals surface area contributed by atoms with Crippen LogP contribution in [0.4, 0.5) is 0 Å². The zero-order valence-electron chi connectivity index (χ0n) is 13.7. The van der Waals surface area contributed by atoms with Crippen molar-refractivity contribution in [2.45, 2.75) is 6.10 Å². The van der Waals surface area contributed by atoms with Crippen LogP contribution in [-0.2, 0) is 9.53 Å². The van der Waals surface area contributed by atoms with Crippen LogP contribution < -0.4 is 4.74 Å². The molecule has 0 bridgehead atoms. The van der Waals surface area contributed by atoms with Crippen LogP contribution in [0.5, 0.6) is 5.75 Å². The number of carbonyl (C=O) groups excluding carboxylic acids is 2. The maximum absolute atomic E-state index is 12.8. The molecule has 1 aliphatic heterocycles. The molecule has 1 aliphatic rings. The maximum Gasteiger partial charge on any atom is 0.258 e. The van der Waals surface area contributed by atoms with Crippen LogP contribution in [-0.4, -0.2) is 79.8 Å². The maximum atomic E-state index is 12.8. The van der Waals surface area contributed by atoms with Gasteiger partial charge in [0.25, 0.3) is 5.91 Å². The smallest absolute Gasteiger partial charge is 0.258 e. The number of hydrogen-bond acceptors (Lipinski definition) is 5. The number of rotatable bonds is 5. The molecule has 1 fully saturated rings. The lowest BCUT2D eigenvalue weighted by atomic mass is 10.1. The van der Waals surface area contributed by atoms with E-state index in [1.165, 1.54) is 23.0 Å². The Balaban J connectivity index is 2.21. The van der Waals surface area contributed by atoms with Gasteiger partial charge in [0.05, 0.1) is 25.4 Å². The normalized spacial score (nSPS) is 18.5. The number of hydrogen-bond donors (Lipinski definition) is 1. The fraction of sp³-hybridized carbons (Fsp3) is 0.500. The summed E-state index contributed by atoms with van der Waals surface area (Å²) in [6, 6.07) is 4.70. The lowest BCUT2D eigenvalue weighted by Gasteiger charge is -2.22. The summed E-state index contributed by atoms with van der Waals surface area (Å²) in [6.07, 6.45) is -0.831. The second kappa shape index (κ2) is 8.32. The van der Waals surface area contributed by atoms with Gasteiger partial charge in [-0.2, -0.15) is 0 Å². The number of aliphatic hydroxyl groups is 1. The van der Waals surface area contributed by atoms with Crippen molar-refractivity contribution in [3.63, 3.8) is 0 Å². The van der Waals surface area contributed by atoms with Crippen LogP contribution in [0.2, 0.25) is 5.02 Å². The first kappa shape index (κ1) is 18.5. The first-order valence-electron chi connectivity index (χ1n) is 7.53. The molecule has 1 heterocycles. The third-order valence-corrected chi connectivity index (χ3v) is 4.02. The minimum absolute atomic E-state index is 0.0592. The number of carbonyl (C=O) groups is 2. The highest BCUT2D eigenvalue weighted by molar-refractivity contribution is 6.31. The number of aliphatic hydroxyl groups excluding tert-OH is 1. The van der Waals surface area contributed by atoms with E-state index in [0.29, 0.717) is 23.9 Å². The SMILES string of the molecule is COCCN1CC(O)CN(C(=O)c2cc(Cl)ccc2OC)CC1=O. The second-order valence-electron chi connectivity index (χ2n) is 5.52. The summed E-state index contributed by atoms with van der Waals surface area (Å²) in [5.74, 6) is -0.278. The Bertz CT molecular complexity index is 610. The molecule has 7 nitrogen and oxygen atoms in total. The molecule has 8 heteroatoms. The van der Waals surface area contributed by atoms with E-state index in [-0.39, 0.29) is 31.1 Å². The zero-order valence-corrected chi connectivity index (χ0v) is 14.5. The van der Waals surface area contributed by atoms with Gasteiger partial charge in [0.2, 0.25) is 5.91 Å². The molecule has 24 heavy (non-hydrogen) atoms. The van der Waals surface area contributed by atoms with E-state index in [9.17, 15) is 14.7 Å². The number of nitrogens with zero attached hydrogens (tertiary/aromatic N) is 2. The van der Waals surface area contributed by atoms with E-state index in [0.717, 1.165) is 0 Å². The molecular formula is C16H21ClN2O5. The fourth-order valence-corrected chi connectivity index (χ4v) is 2.76. The number of halogens is 1. The molecule has 0 spiro atoms. The summed E-state index contributed by atoms with van der Waals surface area (Å²) in [5.41, 5.74) is 0.260. The number of ether oxygens (including phenoxy) is 2. The molecule has 1 atom stereocenters. The average molecular weight is 357 g/mol. The molecule has 1 aromatic rings. The van der Waals surface area contributed by atoms with Gasteiger partial charge in [0, 0.05) is 31.8 Å². The molecule has 132 valence electrons. The molecule has 2 amide bonds. The minimum atomic E-state index is -0.831. The second-order valence-corrected chi connectivity index (χ2v) is 5.95. The third kappa shape index (κ3) is 4.37. The quantitative estimate of drug-likeness (QED) is 0.837. The summed E-state index contributed by atoms with van der Waals surface area (Å²) >= 11 is 5.96. The molecule has 0 aromatic heterocycles. The van der Waals surface area contributed by atoms with Crippen LogP contribution in [0.1, 0.15) is 10.4 Å². The number of methoxy groups -OCH3 is 2. The molecule has 1 saturated heterocycles. The van der Waals surface area contributed by atoms with E-state index < -0.39 is 12.0 Å². The van der Waals surface area contributed by atoms with Gasteiger partial charge in [0.15, 0.2) is 0 Å². The summed E-state index contributed by atoms with van der Waals surface area (Å²) in [5, 5.41) is 10.5. The zero-order chi connectivity index (χ0) is 17.7. The lowest BCUT2D eigenvalue weighted by molar-refractivity contribution is -0.131. The van der Waals surface area contributed by atoms with Crippen molar-refractivity contribution in [3.05, 3.63) is 28.8 Å². The van der Waals surface area contributed by atoms with Gasteiger partial charge in [-0.3, -0.25) is 9.59 Å². The van der Waals surface area contributed by atoms with Gasteiger partial charge in [0.1, 0.15) is 12.3 Å². The van der Waals surface area contributed by atoms with Crippen molar-refractivity contribution in [1.29, 1.82) is 0 Å². The lowest BCUT2D eigenvalue weighted by Crippen LogP contribution is -2.40. The van der Waals surface area contributed by atoms with E-state index >= 15 is 0 Å². The number of β-amino-alcohol motifs (C(OH)–C–C–N with tert-alkyl or cyclic N) is 1. The predicted molar refractivity (Wildman–Crippen MR) is 88.4 cm³/mol. The molecule has 0 aliphatic carbocycles. The predicted octanol–water partition coefficient (Wildman–Crippen LogP) is 0.640. The highest BCUT2D eigenvalue weighted by Gasteiger charge is 2.30. The standard InChI is InChI=1S/C16H21ClN2O5/c1-23-6-5-18-8-12(20)9-19(10-15(18)21)16(22)13-7-11(17)3-4-14(13)24-2/h3-4,7,12,20H,5-6,8-10H2,1-2H3. The molecule has 1 N–H and O–H groups in total. The van der Waals surface area contributed by atoms with Crippen LogP contribution >= 0.6 is 11.6 Å². The first-order chi connectivity index (χ1) is 11.5. The Morgan fingerprint density at radius 1 is 1.38 bits per heavy atom. The number of benzene rings is 1. The Morgan fingerprint density at radius 2 is 2.12 bits per heavy atom. The summed E-state index contributed by atoms with van der Waals surface area (Å²) in [7, 11) is 2.99. The molecule has 0 saturated carbocycles. The van der Waals surface area contributed by atoms with Crippen molar-refractivity contribution in [1.82, 2.24) is 9.80 Å². The van der Waals surface area contributed by atoms with Crippen molar-refractivity contribution >= 4 is 23.4 Å². The highest BCUT2D eigenvalue weighted by Crippen LogP contribution is 2.24. The van der Waals surface area contributed by atoms with Gasteiger partial charge in [-0.15, -0.1) is 0 Å². The van der Waals surface area contributed by atoms with Crippen LogP contribution in [0.15, 0.2) is 18.2 Å². The highest BCUT2D eigenvalue weighted by atomic mass is 35.5.